The zero-order chi connectivity index (χ0) is 13.2. The molecule has 2 aromatic heterocycles. The van der Waals surface area contributed by atoms with Crippen molar-refractivity contribution in [1.29, 1.82) is 5.26 Å². The van der Waals surface area contributed by atoms with Crippen LogP contribution in [0.5, 0.6) is 5.88 Å². The molecule has 0 radical (unpaired) electrons. The van der Waals surface area contributed by atoms with Crippen molar-refractivity contribution in [2.24, 2.45) is 0 Å². The maximum absolute atomic E-state index is 9.17. The highest BCUT2D eigenvalue weighted by molar-refractivity contribution is 5.87. The van der Waals surface area contributed by atoms with Crippen molar-refractivity contribution in [3.05, 3.63) is 48.3 Å². The quantitative estimate of drug-likeness (QED) is 0.700. The monoisotopic (exact) mass is 250 g/mol. The molecule has 0 bridgehead atoms. The maximum atomic E-state index is 9.17. The van der Waals surface area contributed by atoms with Gasteiger partial charge < -0.3 is 4.74 Å². The lowest BCUT2D eigenvalue weighted by Gasteiger charge is -2.04. The van der Waals surface area contributed by atoms with E-state index in [9.17, 15) is 0 Å². The third-order valence-electron chi connectivity index (χ3n) is 2.87. The van der Waals surface area contributed by atoms with Crippen LogP contribution in [0.2, 0.25) is 0 Å². The summed E-state index contributed by atoms with van der Waals surface area (Å²) in [6, 6.07) is 11.5. The first-order chi connectivity index (χ1) is 9.33. The first-order valence-corrected chi connectivity index (χ1v) is 5.71. The van der Waals surface area contributed by atoms with Crippen molar-refractivity contribution >= 4 is 10.9 Å². The number of fused-ring (bicyclic) bond motifs is 1. The van der Waals surface area contributed by atoms with E-state index in [0.717, 1.165) is 10.9 Å². The molecule has 1 aromatic carbocycles. The molecule has 0 spiro atoms. The first-order valence-electron chi connectivity index (χ1n) is 5.71. The Morgan fingerprint density at radius 2 is 2.11 bits per heavy atom. The van der Waals surface area contributed by atoms with Gasteiger partial charge >= 0.3 is 0 Å². The van der Waals surface area contributed by atoms with Gasteiger partial charge in [-0.3, -0.25) is 4.57 Å². The Morgan fingerprint density at radius 1 is 1.26 bits per heavy atom. The van der Waals surface area contributed by atoms with Gasteiger partial charge in [0.2, 0.25) is 11.8 Å². The summed E-state index contributed by atoms with van der Waals surface area (Å²) in [5, 5.41) is 10.1. The molecule has 5 nitrogen and oxygen atoms in total. The van der Waals surface area contributed by atoms with Crippen LogP contribution in [-0.2, 0) is 0 Å². The molecule has 92 valence electrons. The van der Waals surface area contributed by atoms with Crippen LogP contribution in [0, 0.1) is 11.3 Å². The summed E-state index contributed by atoms with van der Waals surface area (Å²) in [5.74, 6) is 0.971. The second-order valence-electron chi connectivity index (χ2n) is 3.94. The Bertz CT molecular complexity index is 785. The fraction of sp³-hybridized carbons (Fsp3) is 0.0714. The highest BCUT2D eigenvalue weighted by Gasteiger charge is 2.11. The minimum absolute atomic E-state index is 0.483. The van der Waals surface area contributed by atoms with E-state index in [1.807, 2.05) is 24.3 Å². The second kappa shape index (κ2) is 4.42. The zero-order valence-electron chi connectivity index (χ0n) is 10.2. The number of aromatic nitrogens is 3. The van der Waals surface area contributed by atoms with Crippen LogP contribution >= 0.6 is 0 Å². The van der Waals surface area contributed by atoms with Crippen molar-refractivity contribution in [2.75, 3.05) is 7.11 Å². The molecule has 0 aliphatic heterocycles. The SMILES string of the molecule is COc1ccnc(-n2cc(C#N)c3ccccc32)n1. The Balaban J connectivity index is 2.28. The lowest BCUT2D eigenvalue weighted by Crippen LogP contribution is -2.00. The topological polar surface area (TPSA) is 63.7 Å². The van der Waals surface area contributed by atoms with Crippen molar-refractivity contribution in [3.8, 4) is 17.9 Å². The summed E-state index contributed by atoms with van der Waals surface area (Å²) in [7, 11) is 1.56. The van der Waals surface area contributed by atoms with Crippen LogP contribution in [0.1, 0.15) is 5.56 Å². The van der Waals surface area contributed by atoms with Crippen molar-refractivity contribution in [3.63, 3.8) is 0 Å². The van der Waals surface area contributed by atoms with Crippen LogP contribution < -0.4 is 4.74 Å². The van der Waals surface area contributed by atoms with Gasteiger partial charge in [0.05, 0.1) is 18.2 Å². The molecule has 3 rings (SSSR count). The standard InChI is InChI=1S/C14H10N4O/c1-19-13-6-7-16-14(17-13)18-9-10(8-15)11-4-2-3-5-12(11)18/h2-7,9H,1H3. The summed E-state index contributed by atoms with van der Waals surface area (Å²) in [5.41, 5.74) is 1.49. The van der Waals surface area contributed by atoms with Crippen LogP contribution in [0.15, 0.2) is 42.7 Å². The van der Waals surface area contributed by atoms with Crippen LogP contribution in [0.3, 0.4) is 0 Å². The Morgan fingerprint density at radius 3 is 2.89 bits per heavy atom. The number of rotatable bonds is 2. The maximum Gasteiger partial charge on any atom is 0.237 e. The number of hydrogen-bond acceptors (Lipinski definition) is 4. The number of nitriles is 1. The molecule has 2 heterocycles. The molecular weight excluding hydrogens is 240 g/mol. The van der Waals surface area contributed by atoms with Crippen molar-refractivity contribution in [2.45, 2.75) is 0 Å². The zero-order valence-corrected chi connectivity index (χ0v) is 10.2. The average molecular weight is 250 g/mol. The van der Waals surface area contributed by atoms with E-state index >= 15 is 0 Å². The Hall–Kier alpha value is -2.87. The number of ether oxygens (including phenoxy) is 1. The van der Waals surface area contributed by atoms with Crippen LogP contribution in [0.4, 0.5) is 0 Å². The van der Waals surface area contributed by atoms with Gasteiger partial charge in [-0.05, 0) is 6.07 Å². The molecule has 0 fully saturated rings. The number of nitrogens with zero attached hydrogens (tertiary/aromatic N) is 4. The van der Waals surface area contributed by atoms with E-state index in [2.05, 4.69) is 16.0 Å². The van der Waals surface area contributed by atoms with Gasteiger partial charge in [-0.25, -0.2) is 4.98 Å². The van der Waals surface area contributed by atoms with Crippen LogP contribution in [-0.4, -0.2) is 21.6 Å². The van der Waals surface area contributed by atoms with E-state index in [-0.39, 0.29) is 0 Å². The molecule has 0 saturated carbocycles. The number of hydrogen-bond donors (Lipinski definition) is 0. The molecule has 19 heavy (non-hydrogen) atoms. The summed E-state index contributed by atoms with van der Waals surface area (Å²) in [6.07, 6.45) is 3.36. The van der Waals surface area contributed by atoms with E-state index in [1.54, 1.807) is 30.1 Å². The van der Waals surface area contributed by atoms with Gasteiger partial charge in [0.15, 0.2) is 0 Å². The molecule has 3 aromatic rings. The Kier molecular flexibility index (Phi) is 2.62. The summed E-state index contributed by atoms with van der Waals surface area (Å²) in [4.78, 5) is 8.50. The molecule has 0 amide bonds. The minimum atomic E-state index is 0.483. The highest BCUT2D eigenvalue weighted by Crippen LogP contribution is 2.23. The summed E-state index contributed by atoms with van der Waals surface area (Å²) in [6.45, 7) is 0. The van der Waals surface area contributed by atoms with E-state index in [0.29, 0.717) is 17.4 Å². The van der Waals surface area contributed by atoms with Crippen molar-refractivity contribution < 1.29 is 4.74 Å². The van der Waals surface area contributed by atoms with Crippen LogP contribution in [0.25, 0.3) is 16.9 Å². The molecule has 0 atom stereocenters. The minimum Gasteiger partial charge on any atom is -0.481 e. The normalized spacial score (nSPS) is 10.3. The largest absolute Gasteiger partial charge is 0.481 e. The predicted octanol–water partition coefficient (Wildman–Crippen LogP) is 2.30. The molecular formula is C14H10N4O. The highest BCUT2D eigenvalue weighted by atomic mass is 16.5. The number of benzene rings is 1. The van der Waals surface area contributed by atoms with Gasteiger partial charge in [-0.1, -0.05) is 18.2 Å². The average Bonchev–Trinajstić information content (AvgIpc) is 2.86. The second-order valence-corrected chi connectivity index (χ2v) is 3.94. The third kappa shape index (κ3) is 1.79. The van der Waals surface area contributed by atoms with E-state index in [1.165, 1.54) is 0 Å². The molecule has 0 aliphatic carbocycles. The summed E-state index contributed by atoms with van der Waals surface area (Å²) >= 11 is 0. The fourth-order valence-electron chi connectivity index (χ4n) is 2.00. The molecule has 0 N–H and O–H groups in total. The van der Waals surface area contributed by atoms with E-state index < -0.39 is 0 Å². The van der Waals surface area contributed by atoms with Gasteiger partial charge in [0.1, 0.15) is 6.07 Å². The smallest absolute Gasteiger partial charge is 0.237 e. The Labute approximate surface area is 109 Å². The van der Waals surface area contributed by atoms with Gasteiger partial charge in [0, 0.05) is 23.8 Å². The lowest BCUT2D eigenvalue weighted by molar-refractivity contribution is 0.396. The summed E-state index contributed by atoms with van der Waals surface area (Å²) < 4.78 is 6.88. The fourth-order valence-corrected chi connectivity index (χ4v) is 2.00. The number of para-hydroxylation sites is 1. The number of methoxy groups -OCH3 is 1. The molecule has 0 unspecified atom stereocenters. The third-order valence-corrected chi connectivity index (χ3v) is 2.87. The lowest BCUT2D eigenvalue weighted by atomic mass is 10.2. The predicted molar refractivity (Wildman–Crippen MR) is 70.1 cm³/mol. The van der Waals surface area contributed by atoms with E-state index in [4.69, 9.17) is 10.00 Å². The van der Waals surface area contributed by atoms with Gasteiger partial charge in [-0.2, -0.15) is 10.2 Å². The van der Waals surface area contributed by atoms with Gasteiger partial charge in [0.25, 0.3) is 0 Å². The van der Waals surface area contributed by atoms with Crippen molar-refractivity contribution in [1.82, 2.24) is 14.5 Å². The molecule has 5 heteroatoms. The van der Waals surface area contributed by atoms with Gasteiger partial charge in [-0.15, -0.1) is 0 Å². The molecule has 0 aliphatic rings. The molecule has 0 saturated heterocycles. The first kappa shape index (κ1) is 11.2.